The van der Waals surface area contributed by atoms with Crippen LogP contribution < -0.4 is 0 Å². The number of carbonyl (C=O) groups excluding carboxylic acids is 1. The average molecular weight is 247 g/mol. The van der Waals surface area contributed by atoms with Crippen LogP contribution in [0.4, 0.5) is 0 Å². The van der Waals surface area contributed by atoms with Gasteiger partial charge in [-0.3, -0.25) is 4.79 Å². The van der Waals surface area contributed by atoms with E-state index in [0.717, 1.165) is 12.8 Å². The number of aliphatic hydroxyl groups is 1. The molecule has 1 aromatic rings. The maximum atomic E-state index is 12.3. The Bertz CT molecular complexity index is 475. The number of carbonyl (C=O) groups is 1. The van der Waals surface area contributed by atoms with Crippen molar-refractivity contribution < 1.29 is 9.90 Å². The van der Waals surface area contributed by atoms with Gasteiger partial charge in [0.05, 0.1) is 0 Å². The Morgan fingerprint density at radius 1 is 1.61 bits per heavy atom. The van der Waals surface area contributed by atoms with Crippen LogP contribution in [0, 0.1) is 17.2 Å². The first-order valence-electron chi connectivity index (χ1n) is 6.16. The number of aromatic amines is 1. The number of hydrogen-bond acceptors (Lipinski definition) is 3. The molecule has 2 N–H and O–H groups in total. The van der Waals surface area contributed by atoms with Crippen LogP contribution in [0.2, 0.25) is 0 Å². The van der Waals surface area contributed by atoms with E-state index in [1.54, 1.807) is 17.0 Å². The quantitative estimate of drug-likeness (QED) is 0.821. The number of amides is 1. The number of nitrogens with one attached hydrogen (secondary N) is 1. The number of piperidine rings is 1. The summed E-state index contributed by atoms with van der Waals surface area (Å²) in [5.41, 5.74) is 0.832. The topological polar surface area (TPSA) is 80.1 Å². The smallest absolute Gasteiger partial charge is 0.270 e. The molecular formula is C13H17N3O2. The van der Waals surface area contributed by atoms with Gasteiger partial charge in [0.2, 0.25) is 0 Å². The predicted octanol–water partition coefficient (Wildman–Crippen LogP) is 1.12. The number of likely N-dealkylation sites (tertiary alicyclic amines) is 1. The van der Waals surface area contributed by atoms with Gasteiger partial charge < -0.3 is 15.0 Å². The molecule has 0 radical (unpaired) electrons. The van der Waals surface area contributed by atoms with Gasteiger partial charge in [0.15, 0.2) is 0 Å². The second kappa shape index (κ2) is 5.23. The fourth-order valence-electron chi connectivity index (χ4n) is 2.35. The Balaban J connectivity index is 2.14. The van der Waals surface area contributed by atoms with Crippen LogP contribution in [0.5, 0.6) is 0 Å². The highest BCUT2D eigenvalue weighted by molar-refractivity contribution is 5.93. The van der Waals surface area contributed by atoms with Gasteiger partial charge in [0, 0.05) is 19.2 Å². The first kappa shape index (κ1) is 12.7. The molecule has 2 unspecified atom stereocenters. The van der Waals surface area contributed by atoms with Crippen molar-refractivity contribution in [2.45, 2.75) is 25.8 Å². The van der Waals surface area contributed by atoms with E-state index >= 15 is 0 Å². The summed E-state index contributed by atoms with van der Waals surface area (Å²) >= 11 is 0. The molecule has 1 saturated heterocycles. The van der Waals surface area contributed by atoms with Crippen LogP contribution in [-0.4, -0.2) is 40.1 Å². The summed E-state index contributed by atoms with van der Waals surface area (Å²) < 4.78 is 0. The summed E-state index contributed by atoms with van der Waals surface area (Å²) in [6.45, 7) is 2.71. The molecule has 1 fully saturated rings. The van der Waals surface area contributed by atoms with Crippen molar-refractivity contribution in [2.75, 3.05) is 13.2 Å². The van der Waals surface area contributed by atoms with E-state index in [-0.39, 0.29) is 24.5 Å². The van der Waals surface area contributed by atoms with Crippen molar-refractivity contribution in [3.63, 3.8) is 0 Å². The fraction of sp³-hybridized carbons (Fsp3) is 0.538. The van der Waals surface area contributed by atoms with Gasteiger partial charge in [-0.2, -0.15) is 5.26 Å². The first-order valence-corrected chi connectivity index (χ1v) is 6.16. The lowest BCUT2D eigenvalue weighted by Crippen LogP contribution is -2.46. The van der Waals surface area contributed by atoms with E-state index in [1.807, 2.05) is 13.0 Å². The van der Waals surface area contributed by atoms with E-state index in [9.17, 15) is 9.90 Å². The second-order valence-electron chi connectivity index (χ2n) is 4.83. The standard InChI is InChI=1S/C13H17N3O2/c1-9-2-3-10(8-17)7-16(9)13(18)12-5-4-11(6-14)15-12/h4-5,9-10,15,17H,2-3,7-8H2,1H3. The van der Waals surface area contributed by atoms with E-state index in [0.29, 0.717) is 17.9 Å². The SMILES string of the molecule is CC1CCC(CO)CN1C(=O)c1ccc(C#N)[nH]1. The molecule has 0 spiro atoms. The largest absolute Gasteiger partial charge is 0.396 e. The van der Waals surface area contributed by atoms with Crippen LogP contribution >= 0.6 is 0 Å². The Hall–Kier alpha value is -1.80. The van der Waals surface area contributed by atoms with E-state index in [2.05, 4.69) is 4.98 Å². The molecule has 1 aromatic heterocycles. The third kappa shape index (κ3) is 2.39. The molecule has 5 nitrogen and oxygen atoms in total. The number of rotatable bonds is 2. The van der Waals surface area contributed by atoms with Crippen LogP contribution in [-0.2, 0) is 0 Å². The molecule has 0 aliphatic carbocycles. The van der Waals surface area contributed by atoms with Crippen LogP contribution in [0.1, 0.15) is 35.9 Å². The zero-order valence-electron chi connectivity index (χ0n) is 10.4. The molecule has 0 saturated carbocycles. The van der Waals surface area contributed by atoms with E-state index in [1.165, 1.54) is 0 Å². The van der Waals surface area contributed by atoms with Gasteiger partial charge >= 0.3 is 0 Å². The zero-order valence-corrected chi connectivity index (χ0v) is 10.4. The van der Waals surface area contributed by atoms with Gasteiger partial charge in [-0.1, -0.05) is 0 Å². The van der Waals surface area contributed by atoms with Gasteiger partial charge in [-0.25, -0.2) is 0 Å². The Kier molecular flexibility index (Phi) is 3.68. The van der Waals surface area contributed by atoms with Crippen molar-refractivity contribution in [3.8, 4) is 6.07 Å². The fourth-order valence-corrected chi connectivity index (χ4v) is 2.35. The maximum Gasteiger partial charge on any atom is 0.270 e. The number of nitrogens with zero attached hydrogens (tertiary/aromatic N) is 2. The maximum absolute atomic E-state index is 12.3. The Morgan fingerprint density at radius 3 is 3.00 bits per heavy atom. The molecule has 0 bridgehead atoms. The van der Waals surface area contributed by atoms with Crippen molar-refractivity contribution in [3.05, 3.63) is 23.5 Å². The number of nitriles is 1. The molecule has 1 amide bonds. The van der Waals surface area contributed by atoms with E-state index < -0.39 is 0 Å². The Labute approximate surface area is 106 Å². The van der Waals surface area contributed by atoms with Gasteiger partial charge in [-0.15, -0.1) is 0 Å². The van der Waals surface area contributed by atoms with Crippen molar-refractivity contribution in [1.82, 2.24) is 9.88 Å². The summed E-state index contributed by atoms with van der Waals surface area (Å²) in [5.74, 6) is 0.0673. The van der Waals surface area contributed by atoms with Crippen molar-refractivity contribution in [2.24, 2.45) is 5.92 Å². The summed E-state index contributed by atoms with van der Waals surface area (Å²) in [5, 5.41) is 17.9. The summed E-state index contributed by atoms with van der Waals surface area (Å²) in [6, 6.07) is 5.38. The van der Waals surface area contributed by atoms with Gasteiger partial charge in [0.1, 0.15) is 17.5 Å². The molecule has 2 rings (SSSR count). The first-order chi connectivity index (χ1) is 8.65. The van der Waals surface area contributed by atoms with Crippen LogP contribution in [0.3, 0.4) is 0 Å². The lowest BCUT2D eigenvalue weighted by Gasteiger charge is -2.37. The van der Waals surface area contributed by atoms with Crippen LogP contribution in [0.15, 0.2) is 12.1 Å². The molecule has 5 heteroatoms. The molecule has 1 aliphatic rings. The monoisotopic (exact) mass is 247 g/mol. The minimum atomic E-state index is -0.0952. The number of aliphatic hydroxyl groups excluding tert-OH is 1. The van der Waals surface area contributed by atoms with Crippen LogP contribution in [0.25, 0.3) is 0 Å². The van der Waals surface area contributed by atoms with E-state index in [4.69, 9.17) is 5.26 Å². The lowest BCUT2D eigenvalue weighted by atomic mass is 9.94. The van der Waals surface area contributed by atoms with Gasteiger partial charge in [0.25, 0.3) is 5.91 Å². The highest BCUT2D eigenvalue weighted by atomic mass is 16.3. The molecular weight excluding hydrogens is 230 g/mol. The summed E-state index contributed by atoms with van der Waals surface area (Å²) in [4.78, 5) is 16.9. The van der Waals surface area contributed by atoms with Crippen molar-refractivity contribution in [1.29, 1.82) is 5.26 Å². The lowest BCUT2D eigenvalue weighted by molar-refractivity contribution is 0.0484. The van der Waals surface area contributed by atoms with Crippen molar-refractivity contribution >= 4 is 5.91 Å². The minimum absolute atomic E-state index is 0.0952. The summed E-state index contributed by atoms with van der Waals surface area (Å²) in [6.07, 6.45) is 1.86. The average Bonchev–Trinajstić information content (AvgIpc) is 2.87. The number of hydrogen-bond donors (Lipinski definition) is 2. The normalized spacial score (nSPS) is 23.7. The number of H-pyrrole nitrogens is 1. The second-order valence-corrected chi connectivity index (χ2v) is 4.83. The zero-order chi connectivity index (χ0) is 13.1. The molecule has 96 valence electrons. The molecule has 1 aliphatic heterocycles. The highest BCUT2D eigenvalue weighted by Crippen LogP contribution is 2.23. The summed E-state index contributed by atoms with van der Waals surface area (Å²) in [7, 11) is 0. The third-order valence-corrected chi connectivity index (χ3v) is 3.54. The minimum Gasteiger partial charge on any atom is -0.396 e. The Morgan fingerprint density at radius 2 is 2.39 bits per heavy atom. The predicted molar refractivity (Wildman–Crippen MR) is 65.8 cm³/mol. The molecule has 0 aromatic carbocycles. The third-order valence-electron chi connectivity index (χ3n) is 3.54. The highest BCUT2D eigenvalue weighted by Gasteiger charge is 2.29. The molecule has 2 heterocycles. The number of aromatic nitrogens is 1. The molecule has 2 atom stereocenters. The van der Waals surface area contributed by atoms with Gasteiger partial charge in [-0.05, 0) is 37.8 Å². The molecule has 18 heavy (non-hydrogen) atoms.